The quantitative estimate of drug-likeness (QED) is 0.687. The molecule has 69 valence electrons. The molecule has 0 amide bonds. The Morgan fingerprint density at radius 1 is 0.692 bits per heavy atom. The standard InChI is InChI=1S/C10H8N2.Cu/c1-3-7-11-9(5-1)10-6-2-4-8-12-10;/h1-8H;. The second-order valence-corrected chi connectivity index (χ2v) is 2.43. The summed E-state index contributed by atoms with van der Waals surface area (Å²) in [5.41, 5.74) is 1.83. The van der Waals surface area contributed by atoms with Gasteiger partial charge in [0.05, 0.1) is 11.4 Å². The molecule has 0 aliphatic rings. The minimum atomic E-state index is 0. The fourth-order valence-electron chi connectivity index (χ4n) is 1.03. The van der Waals surface area contributed by atoms with Crippen molar-refractivity contribution in [3.8, 4) is 11.4 Å². The van der Waals surface area contributed by atoms with Gasteiger partial charge in [0.15, 0.2) is 0 Å². The van der Waals surface area contributed by atoms with Crippen molar-refractivity contribution in [2.75, 3.05) is 0 Å². The van der Waals surface area contributed by atoms with Gasteiger partial charge < -0.3 is 0 Å². The number of pyridine rings is 2. The maximum absolute atomic E-state index is 4.19. The van der Waals surface area contributed by atoms with Crippen LogP contribution in [0.3, 0.4) is 0 Å². The third-order valence-electron chi connectivity index (χ3n) is 1.59. The maximum Gasteiger partial charge on any atom is 0.0886 e. The van der Waals surface area contributed by atoms with E-state index in [-0.39, 0.29) is 17.1 Å². The second-order valence-electron chi connectivity index (χ2n) is 2.43. The molecule has 0 atom stereocenters. The predicted molar refractivity (Wildman–Crippen MR) is 47.5 cm³/mol. The fourth-order valence-corrected chi connectivity index (χ4v) is 1.03. The van der Waals surface area contributed by atoms with Crippen molar-refractivity contribution in [2.24, 2.45) is 0 Å². The van der Waals surface area contributed by atoms with Gasteiger partial charge in [0, 0.05) is 29.5 Å². The van der Waals surface area contributed by atoms with Gasteiger partial charge in [0.1, 0.15) is 0 Å². The molecular weight excluding hydrogens is 212 g/mol. The van der Waals surface area contributed by atoms with E-state index in [1.165, 1.54) is 0 Å². The molecule has 0 aliphatic carbocycles. The van der Waals surface area contributed by atoms with Crippen LogP contribution in [0.2, 0.25) is 0 Å². The third kappa shape index (κ3) is 2.38. The van der Waals surface area contributed by atoms with Crippen molar-refractivity contribution >= 4 is 0 Å². The van der Waals surface area contributed by atoms with Crippen LogP contribution < -0.4 is 0 Å². The summed E-state index contributed by atoms with van der Waals surface area (Å²) >= 11 is 0. The second kappa shape index (κ2) is 4.75. The van der Waals surface area contributed by atoms with Crippen LogP contribution in [0.4, 0.5) is 0 Å². The number of hydrogen-bond acceptors (Lipinski definition) is 2. The van der Waals surface area contributed by atoms with E-state index < -0.39 is 0 Å². The van der Waals surface area contributed by atoms with Crippen LogP contribution in [0.25, 0.3) is 11.4 Å². The smallest absolute Gasteiger partial charge is 0.0886 e. The zero-order valence-corrected chi connectivity index (χ0v) is 7.76. The summed E-state index contributed by atoms with van der Waals surface area (Å²) in [4.78, 5) is 8.37. The van der Waals surface area contributed by atoms with Crippen molar-refractivity contribution in [3.63, 3.8) is 0 Å². The molecule has 0 N–H and O–H groups in total. The molecule has 3 heteroatoms. The van der Waals surface area contributed by atoms with Gasteiger partial charge in [0.25, 0.3) is 0 Å². The summed E-state index contributed by atoms with van der Waals surface area (Å²) in [6, 6.07) is 11.6. The molecule has 0 spiro atoms. The van der Waals surface area contributed by atoms with Gasteiger partial charge >= 0.3 is 0 Å². The van der Waals surface area contributed by atoms with Crippen LogP contribution in [-0.2, 0) is 17.1 Å². The topological polar surface area (TPSA) is 25.8 Å². The van der Waals surface area contributed by atoms with Gasteiger partial charge in [-0.25, -0.2) is 0 Å². The predicted octanol–water partition coefficient (Wildman–Crippen LogP) is 2.14. The minimum Gasteiger partial charge on any atom is -0.255 e. The molecule has 2 aromatic heterocycles. The normalized spacial score (nSPS) is 8.92. The van der Waals surface area contributed by atoms with E-state index in [1.807, 2.05) is 36.4 Å². The molecule has 0 saturated heterocycles. The zero-order valence-electron chi connectivity index (χ0n) is 6.81. The summed E-state index contributed by atoms with van der Waals surface area (Å²) in [7, 11) is 0. The Kier molecular flexibility index (Phi) is 3.62. The van der Waals surface area contributed by atoms with Crippen LogP contribution in [0, 0.1) is 0 Å². The van der Waals surface area contributed by atoms with E-state index in [4.69, 9.17) is 0 Å². The Bertz CT molecular complexity index is 310. The monoisotopic (exact) mass is 219 g/mol. The first-order valence-corrected chi connectivity index (χ1v) is 3.79. The molecule has 2 nitrogen and oxygen atoms in total. The summed E-state index contributed by atoms with van der Waals surface area (Å²) in [6.45, 7) is 0. The number of hydrogen-bond donors (Lipinski definition) is 0. The Hall–Kier alpha value is -1.18. The van der Waals surface area contributed by atoms with Crippen LogP contribution in [0.1, 0.15) is 0 Å². The first-order valence-electron chi connectivity index (χ1n) is 3.79. The first-order chi connectivity index (χ1) is 5.97. The van der Waals surface area contributed by atoms with E-state index in [1.54, 1.807) is 12.4 Å². The van der Waals surface area contributed by atoms with Crippen LogP contribution in [-0.4, -0.2) is 9.97 Å². The zero-order chi connectivity index (χ0) is 8.23. The Labute approximate surface area is 87.5 Å². The van der Waals surface area contributed by atoms with E-state index in [2.05, 4.69) is 9.97 Å². The van der Waals surface area contributed by atoms with Crippen LogP contribution >= 0.6 is 0 Å². The summed E-state index contributed by atoms with van der Waals surface area (Å²) in [6.07, 6.45) is 3.54. The van der Waals surface area contributed by atoms with Crippen molar-refractivity contribution in [3.05, 3.63) is 48.8 Å². The molecule has 1 radical (unpaired) electrons. The molecule has 0 aromatic carbocycles. The Morgan fingerprint density at radius 2 is 1.15 bits per heavy atom. The SMILES string of the molecule is [Cu].c1ccc(-c2ccccn2)nc1. The molecule has 13 heavy (non-hydrogen) atoms. The van der Waals surface area contributed by atoms with E-state index >= 15 is 0 Å². The molecule has 0 unspecified atom stereocenters. The largest absolute Gasteiger partial charge is 0.255 e. The average molecular weight is 220 g/mol. The van der Waals surface area contributed by atoms with Crippen molar-refractivity contribution in [1.29, 1.82) is 0 Å². The Morgan fingerprint density at radius 3 is 1.46 bits per heavy atom. The number of rotatable bonds is 1. The van der Waals surface area contributed by atoms with Crippen LogP contribution in [0.5, 0.6) is 0 Å². The average Bonchev–Trinajstić information content (AvgIpc) is 2.21. The van der Waals surface area contributed by atoms with E-state index in [0.717, 1.165) is 11.4 Å². The molecular formula is C10H8CuN2. The molecule has 0 aliphatic heterocycles. The molecule has 2 heterocycles. The van der Waals surface area contributed by atoms with Gasteiger partial charge in [-0.2, -0.15) is 0 Å². The van der Waals surface area contributed by atoms with Gasteiger partial charge in [-0.1, -0.05) is 12.1 Å². The van der Waals surface area contributed by atoms with Gasteiger partial charge in [-0.05, 0) is 24.3 Å². The summed E-state index contributed by atoms with van der Waals surface area (Å²) in [5, 5.41) is 0. The molecule has 0 bridgehead atoms. The van der Waals surface area contributed by atoms with Gasteiger partial charge in [-0.3, -0.25) is 9.97 Å². The number of nitrogens with zero attached hydrogens (tertiary/aromatic N) is 2. The van der Waals surface area contributed by atoms with Crippen molar-refractivity contribution < 1.29 is 17.1 Å². The molecule has 2 aromatic rings. The third-order valence-corrected chi connectivity index (χ3v) is 1.59. The first kappa shape index (κ1) is 9.90. The van der Waals surface area contributed by atoms with Gasteiger partial charge in [0.2, 0.25) is 0 Å². The van der Waals surface area contributed by atoms with Crippen molar-refractivity contribution in [2.45, 2.75) is 0 Å². The maximum atomic E-state index is 4.19. The van der Waals surface area contributed by atoms with Crippen LogP contribution in [0.15, 0.2) is 48.8 Å². The number of aromatic nitrogens is 2. The molecule has 2 rings (SSSR count). The van der Waals surface area contributed by atoms with E-state index in [9.17, 15) is 0 Å². The van der Waals surface area contributed by atoms with Crippen molar-refractivity contribution in [1.82, 2.24) is 9.97 Å². The Balaban J connectivity index is 0.000000845. The van der Waals surface area contributed by atoms with E-state index in [0.29, 0.717) is 0 Å². The summed E-state index contributed by atoms with van der Waals surface area (Å²) < 4.78 is 0. The van der Waals surface area contributed by atoms with Gasteiger partial charge in [-0.15, -0.1) is 0 Å². The fraction of sp³-hybridized carbons (Fsp3) is 0. The minimum absolute atomic E-state index is 0. The summed E-state index contributed by atoms with van der Waals surface area (Å²) in [5.74, 6) is 0. The molecule has 0 fully saturated rings. The molecule has 0 saturated carbocycles.